The van der Waals surface area contributed by atoms with Crippen LogP contribution in [0, 0.1) is 0 Å². The quantitative estimate of drug-likeness (QED) is 0.554. The molecule has 1 atom stereocenters. The fraction of sp³-hybridized carbons (Fsp3) is 0.273. The van der Waals surface area contributed by atoms with E-state index in [0.717, 1.165) is 0 Å². The molecule has 0 fully saturated rings. The number of aromatic nitrogens is 2. The summed E-state index contributed by atoms with van der Waals surface area (Å²) in [6, 6.07) is 13.9. The van der Waals surface area contributed by atoms with Gasteiger partial charge < -0.3 is 19.8 Å². The Morgan fingerprint density at radius 2 is 1.87 bits per heavy atom. The molecular weight excluding hydrogens is 386 g/mol. The standard InChI is InChI=1S/C22H23N3O5/c1-3-29-16-10-8-15(9-11-16)23-21(27)14(2)30-20(26)13-12-19-24-18-7-5-4-6-17(18)22(28)25-19/h4-11,14H,3,12-13H2,1-2H3,(H,23,27)(H,24,25,28)/t14-/m1/s1. The Labute approximate surface area is 173 Å². The average Bonchev–Trinajstić information content (AvgIpc) is 2.74. The third-order valence-electron chi connectivity index (χ3n) is 4.34. The minimum atomic E-state index is -0.965. The molecule has 1 amide bonds. The van der Waals surface area contributed by atoms with Crippen molar-refractivity contribution in [2.24, 2.45) is 0 Å². The second-order valence-corrected chi connectivity index (χ2v) is 6.61. The molecule has 156 valence electrons. The van der Waals surface area contributed by atoms with Crippen molar-refractivity contribution in [3.8, 4) is 5.75 Å². The lowest BCUT2D eigenvalue weighted by molar-refractivity contribution is -0.153. The van der Waals surface area contributed by atoms with E-state index >= 15 is 0 Å². The first-order valence-electron chi connectivity index (χ1n) is 9.67. The number of anilines is 1. The summed E-state index contributed by atoms with van der Waals surface area (Å²) in [5.74, 6) is 0.0994. The zero-order valence-electron chi connectivity index (χ0n) is 16.8. The Balaban J connectivity index is 1.51. The van der Waals surface area contributed by atoms with Crippen molar-refractivity contribution in [2.45, 2.75) is 32.8 Å². The number of amides is 1. The number of fused-ring (bicyclic) bond motifs is 1. The summed E-state index contributed by atoms with van der Waals surface area (Å²) >= 11 is 0. The lowest BCUT2D eigenvalue weighted by Crippen LogP contribution is -2.30. The minimum Gasteiger partial charge on any atom is -0.494 e. The highest BCUT2D eigenvalue weighted by Gasteiger charge is 2.18. The normalized spacial score (nSPS) is 11.7. The van der Waals surface area contributed by atoms with Crippen molar-refractivity contribution in [3.63, 3.8) is 0 Å². The number of para-hydroxylation sites is 1. The summed E-state index contributed by atoms with van der Waals surface area (Å²) in [5.41, 5.74) is 0.879. The van der Waals surface area contributed by atoms with Crippen molar-refractivity contribution >= 4 is 28.5 Å². The number of hydrogen-bond donors (Lipinski definition) is 2. The van der Waals surface area contributed by atoms with E-state index in [0.29, 0.717) is 34.8 Å². The first-order valence-corrected chi connectivity index (χ1v) is 9.67. The van der Waals surface area contributed by atoms with Crippen molar-refractivity contribution in [1.82, 2.24) is 9.97 Å². The van der Waals surface area contributed by atoms with Crippen LogP contribution in [-0.4, -0.2) is 34.6 Å². The number of nitrogens with one attached hydrogen (secondary N) is 2. The summed E-state index contributed by atoms with van der Waals surface area (Å²) in [4.78, 5) is 43.4. The van der Waals surface area contributed by atoms with Gasteiger partial charge >= 0.3 is 5.97 Å². The second-order valence-electron chi connectivity index (χ2n) is 6.61. The van der Waals surface area contributed by atoms with E-state index in [9.17, 15) is 14.4 Å². The van der Waals surface area contributed by atoms with Crippen LogP contribution in [0.5, 0.6) is 5.75 Å². The van der Waals surface area contributed by atoms with Crippen LogP contribution in [0.1, 0.15) is 26.1 Å². The van der Waals surface area contributed by atoms with E-state index in [4.69, 9.17) is 9.47 Å². The Morgan fingerprint density at radius 1 is 1.13 bits per heavy atom. The highest BCUT2D eigenvalue weighted by Crippen LogP contribution is 2.16. The predicted octanol–water partition coefficient (Wildman–Crippen LogP) is 2.82. The van der Waals surface area contributed by atoms with Gasteiger partial charge in [-0.2, -0.15) is 0 Å². The number of benzene rings is 2. The fourth-order valence-corrected chi connectivity index (χ4v) is 2.83. The summed E-state index contributed by atoms with van der Waals surface area (Å²) in [7, 11) is 0. The lowest BCUT2D eigenvalue weighted by atomic mass is 10.2. The van der Waals surface area contributed by atoms with Gasteiger partial charge in [-0.15, -0.1) is 0 Å². The molecule has 3 rings (SSSR count). The maximum atomic E-state index is 12.2. The summed E-state index contributed by atoms with van der Waals surface area (Å²) < 4.78 is 10.5. The monoisotopic (exact) mass is 409 g/mol. The van der Waals surface area contributed by atoms with Gasteiger partial charge in [0.1, 0.15) is 11.6 Å². The van der Waals surface area contributed by atoms with E-state index in [2.05, 4.69) is 15.3 Å². The zero-order valence-corrected chi connectivity index (χ0v) is 16.8. The molecule has 3 aromatic rings. The Kier molecular flexibility index (Phi) is 6.79. The summed E-state index contributed by atoms with van der Waals surface area (Å²) in [5, 5.41) is 3.18. The van der Waals surface area contributed by atoms with Crippen molar-refractivity contribution < 1.29 is 19.1 Å². The molecule has 30 heavy (non-hydrogen) atoms. The Hall–Kier alpha value is -3.68. The van der Waals surface area contributed by atoms with Gasteiger partial charge in [0.15, 0.2) is 6.10 Å². The van der Waals surface area contributed by atoms with E-state index in [1.54, 1.807) is 48.5 Å². The van der Waals surface area contributed by atoms with E-state index < -0.39 is 18.0 Å². The van der Waals surface area contributed by atoms with Gasteiger partial charge in [0.25, 0.3) is 11.5 Å². The second kappa shape index (κ2) is 9.69. The number of rotatable bonds is 8. The molecule has 0 aliphatic heterocycles. The van der Waals surface area contributed by atoms with E-state index in [-0.39, 0.29) is 18.4 Å². The molecule has 2 aromatic carbocycles. The molecular formula is C22H23N3O5. The molecule has 0 saturated carbocycles. The SMILES string of the molecule is CCOc1ccc(NC(=O)[C@@H](C)OC(=O)CCc2nc3ccccc3c(=O)[nH]2)cc1. The van der Waals surface area contributed by atoms with Gasteiger partial charge in [0.05, 0.1) is 23.9 Å². The van der Waals surface area contributed by atoms with E-state index in [1.165, 1.54) is 6.92 Å². The third kappa shape index (κ3) is 5.44. The number of hydrogen-bond acceptors (Lipinski definition) is 6. The number of H-pyrrole nitrogens is 1. The molecule has 0 spiro atoms. The van der Waals surface area contributed by atoms with E-state index in [1.807, 2.05) is 6.92 Å². The van der Waals surface area contributed by atoms with Crippen LogP contribution in [0.25, 0.3) is 10.9 Å². The number of carbonyl (C=O) groups is 2. The van der Waals surface area contributed by atoms with Gasteiger partial charge in [-0.3, -0.25) is 14.4 Å². The maximum absolute atomic E-state index is 12.2. The largest absolute Gasteiger partial charge is 0.494 e. The van der Waals surface area contributed by atoms with Gasteiger partial charge in [-0.25, -0.2) is 4.98 Å². The fourth-order valence-electron chi connectivity index (χ4n) is 2.83. The molecule has 0 aliphatic rings. The highest BCUT2D eigenvalue weighted by atomic mass is 16.5. The number of aromatic amines is 1. The number of ether oxygens (including phenoxy) is 2. The third-order valence-corrected chi connectivity index (χ3v) is 4.34. The van der Waals surface area contributed by atoms with Gasteiger partial charge in [0.2, 0.25) is 0 Å². The van der Waals surface area contributed by atoms with Crippen LogP contribution in [0.3, 0.4) is 0 Å². The maximum Gasteiger partial charge on any atom is 0.307 e. The smallest absolute Gasteiger partial charge is 0.307 e. The number of aryl methyl sites for hydroxylation is 1. The predicted molar refractivity (Wildman–Crippen MR) is 112 cm³/mol. The number of carbonyl (C=O) groups excluding carboxylic acids is 2. The van der Waals surface area contributed by atoms with Crippen LogP contribution in [0.15, 0.2) is 53.3 Å². The zero-order chi connectivity index (χ0) is 21.5. The van der Waals surface area contributed by atoms with Crippen LogP contribution >= 0.6 is 0 Å². The molecule has 1 aromatic heterocycles. The van der Waals surface area contributed by atoms with Crippen LogP contribution in [-0.2, 0) is 20.7 Å². The van der Waals surface area contributed by atoms with Crippen molar-refractivity contribution in [3.05, 3.63) is 64.7 Å². The molecule has 0 radical (unpaired) electrons. The van der Waals surface area contributed by atoms with Gasteiger partial charge in [0, 0.05) is 12.1 Å². The molecule has 1 heterocycles. The van der Waals surface area contributed by atoms with Gasteiger partial charge in [-0.1, -0.05) is 12.1 Å². The topological polar surface area (TPSA) is 110 Å². The average molecular weight is 409 g/mol. The Bertz CT molecular complexity index is 1090. The first-order chi connectivity index (χ1) is 14.5. The lowest BCUT2D eigenvalue weighted by Gasteiger charge is -2.14. The Morgan fingerprint density at radius 3 is 2.60 bits per heavy atom. The first kappa shape index (κ1) is 21.0. The van der Waals surface area contributed by atoms with Crippen molar-refractivity contribution in [2.75, 3.05) is 11.9 Å². The van der Waals surface area contributed by atoms with Crippen LogP contribution in [0.2, 0.25) is 0 Å². The summed E-state index contributed by atoms with van der Waals surface area (Å²) in [6.07, 6.45) is -0.777. The van der Waals surface area contributed by atoms with Crippen LogP contribution in [0.4, 0.5) is 5.69 Å². The van der Waals surface area contributed by atoms with Crippen molar-refractivity contribution in [1.29, 1.82) is 0 Å². The molecule has 8 nitrogen and oxygen atoms in total. The molecule has 8 heteroatoms. The molecule has 0 saturated heterocycles. The molecule has 0 unspecified atom stereocenters. The summed E-state index contributed by atoms with van der Waals surface area (Å²) in [6.45, 7) is 3.94. The minimum absolute atomic E-state index is 0.0120. The van der Waals surface area contributed by atoms with Crippen LogP contribution < -0.4 is 15.6 Å². The molecule has 2 N–H and O–H groups in total. The highest BCUT2D eigenvalue weighted by molar-refractivity contribution is 5.95. The number of esters is 1. The molecule has 0 aliphatic carbocycles. The molecule has 0 bridgehead atoms. The number of nitrogens with zero attached hydrogens (tertiary/aromatic N) is 1. The van der Waals surface area contributed by atoms with Gasteiger partial charge in [-0.05, 0) is 50.2 Å².